The number of rotatable bonds is 3. The number of nitrogens with zero attached hydrogens (tertiary/aromatic N) is 2. The molecule has 0 aliphatic heterocycles. The first-order valence-corrected chi connectivity index (χ1v) is 7.24. The van der Waals surface area contributed by atoms with Gasteiger partial charge in [-0.2, -0.15) is 5.10 Å². The van der Waals surface area contributed by atoms with Crippen molar-refractivity contribution >= 4 is 38.9 Å². The van der Waals surface area contributed by atoms with Crippen molar-refractivity contribution in [2.75, 3.05) is 5.32 Å². The Morgan fingerprint density at radius 2 is 2.28 bits per heavy atom. The van der Waals surface area contributed by atoms with Crippen molar-refractivity contribution in [3.8, 4) is 0 Å². The molecule has 96 valence electrons. The van der Waals surface area contributed by atoms with Gasteiger partial charge in [-0.3, -0.25) is 9.48 Å². The lowest BCUT2D eigenvalue weighted by Crippen LogP contribution is -2.12. The van der Waals surface area contributed by atoms with Crippen molar-refractivity contribution in [3.05, 3.63) is 32.7 Å². The zero-order chi connectivity index (χ0) is 13.3. The van der Waals surface area contributed by atoms with Crippen LogP contribution in [0.4, 0.5) is 5.69 Å². The summed E-state index contributed by atoms with van der Waals surface area (Å²) >= 11 is 4.77. The summed E-state index contributed by atoms with van der Waals surface area (Å²) in [5.74, 6) is 0.167. The van der Waals surface area contributed by atoms with Crippen LogP contribution in [-0.2, 0) is 7.05 Å². The molecule has 1 amide bonds. The highest BCUT2D eigenvalue weighted by Gasteiger charge is 2.17. The molecule has 0 spiro atoms. The fourth-order valence-electron chi connectivity index (χ4n) is 1.66. The Balaban J connectivity index is 2.24. The Morgan fingerprint density at radius 3 is 2.83 bits per heavy atom. The molecule has 18 heavy (non-hydrogen) atoms. The zero-order valence-electron chi connectivity index (χ0n) is 10.4. The van der Waals surface area contributed by atoms with Crippen molar-refractivity contribution in [2.24, 2.45) is 7.05 Å². The van der Waals surface area contributed by atoms with Crippen molar-refractivity contribution in [3.63, 3.8) is 0 Å². The average molecular weight is 328 g/mol. The summed E-state index contributed by atoms with van der Waals surface area (Å²) in [5, 5.41) is 9.16. The van der Waals surface area contributed by atoms with Crippen LogP contribution >= 0.6 is 27.3 Å². The summed E-state index contributed by atoms with van der Waals surface area (Å²) in [4.78, 5) is 12.8. The minimum absolute atomic E-state index is 0.105. The van der Waals surface area contributed by atoms with E-state index in [4.69, 9.17) is 0 Å². The Labute approximate surface area is 118 Å². The van der Waals surface area contributed by atoms with Gasteiger partial charge >= 0.3 is 0 Å². The van der Waals surface area contributed by atoms with Gasteiger partial charge in [0.25, 0.3) is 5.91 Å². The summed E-state index contributed by atoms with van der Waals surface area (Å²) in [7, 11) is 1.85. The molecule has 0 aromatic carbocycles. The summed E-state index contributed by atoms with van der Waals surface area (Å²) in [5.41, 5.74) is 1.68. The van der Waals surface area contributed by atoms with Crippen molar-refractivity contribution in [1.29, 1.82) is 0 Å². The van der Waals surface area contributed by atoms with Gasteiger partial charge in [0.2, 0.25) is 0 Å². The number of hydrogen-bond acceptors (Lipinski definition) is 3. The third kappa shape index (κ3) is 2.64. The quantitative estimate of drug-likeness (QED) is 0.935. The summed E-state index contributed by atoms with van der Waals surface area (Å²) < 4.78 is 2.54. The fraction of sp³-hybridized carbons (Fsp3) is 0.333. The number of amides is 1. The first kappa shape index (κ1) is 13.3. The van der Waals surface area contributed by atoms with E-state index < -0.39 is 0 Å². The molecule has 0 atom stereocenters. The Morgan fingerprint density at radius 1 is 1.56 bits per heavy atom. The maximum Gasteiger partial charge on any atom is 0.266 e. The largest absolute Gasteiger partial charge is 0.318 e. The monoisotopic (exact) mass is 327 g/mol. The van der Waals surface area contributed by atoms with E-state index in [-0.39, 0.29) is 11.8 Å². The van der Waals surface area contributed by atoms with E-state index in [1.54, 1.807) is 4.68 Å². The predicted octanol–water partition coefficient (Wildman–Crippen LogP) is 3.62. The Kier molecular flexibility index (Phi) is 3.87. The van der Waals surface area contributed by atoms with Crippen LogP contribution in [0.5, 0.6) is 0 Å². The average Bonchev–Trinajstić information content (AvgIpc) is 2.84. The SMILES string of the molecule is CC(C)c1nn(C)cc1NC(=O)c1sccc1Br. The summed E-state index contributed by atoms with van der Waals surface area (Å²) in [6.07, 6.45) is 1.83. The van der Waals surface area contributed by atoms with Gasteiger partial charge in [0, 0.05) is 17.7 Å². The number of hydrogen-bond donors (Lipinski definition) is 1. The molecular weight excluding hydrogens is 314 g/mol. The number of carbonyl (C=O) groups is 1. The van der Waals surface area contributed by atoms with Gasteiger partial charge in [0.1, 0.15) is 4.88 Å². The zero-order valence-corrected chi connectivity index (χ0v) is 12.8. The molecule has 2 heterocycles. The lowest BCUT2D eigenvalue weighted by Gasteiger charge is -2.06. The Hall–Kier alpha value is -1.14. The number of thiophene rings is 1. The lowest BCUT2D eigenvalue weighted by molar-refractivity contribution is 0.103. The molecule has 2 aromatic rings. The molecule has 0 unspecified atom stereocenters. The van der Waals surface area contributed by atoms with E-state index >= 15 is 0 Å². The number of halogens is 1. The van der Waals surface area contributed by atoms with E-state index in [0.29, 0.717) is 4.88 Å². The van der Waals surface area contributed by atoms with E-state index in [9.17, 15) is 4.79 Å². The van der Waals surface area contributed by atoms with Crippen LogP contribution in [0.25, 0.3) is 0 Å². The van der Waals surface area contributed by atoms with Crippen LogP contribution in [-0.4, -0.2) is 15.7 Å². The van der Waals surface area contributed by atoms with Gasteiger partial charge in [-0.05, 0) is 33.3 Å². The van der Waals surface area contributed by atoms with E-state index in [1.165, 1.54) is 11.3 Å². The number of carbonyl (C=O) groups excluding carboxylic acids is 1. The van der Waals surface area contributed by atoms with Crippen LogP contribution in [0.15, 0.2) is 22.1 Å². The maximum absolute atomic E-state index is 12.1. The smallest absolute Gasteiger partial charge is 0.266 e. The third-order valence-electron chi connectivity index (χ3n) is 2.48. The lowest BCUT2D eigenvalue weighted by atomic mass is 10.1. The molecule has 1 N–H and O–H groups in total. The maximum atomic E-state index is 12.1. The van der Waals surface area contributed by atoms with Crippen molar-refractivity contribution in [1.82, 2.24) is 9.78 Å². The van der Waals surface area contributed by atoms with Crippen LogP contribution in [0.3, 0.4) is 0 Å². The highest BCUT2D eigenvalue weighted by molar-refractivity contribution is 9.10. The Bertz CT molecular complexity index is 574. The second-order valence-electron chi connectivity index (χ2n) is 4.31. The molecule has 0 fully saturated rings. The molecule has 6 heteroatoms. The minimum atomic E-state index is -0.105. The highest BCUT2D eigenvalue weighted by Crippen LogP contribution is 2.26. The van der Waals surface area contributed by atoms with Gasteiger partial charge in [-0.1, -0.05) is 13.8 Å². The van der Waals surface area contributed by atoms with E-state index in [1.807, 2.05) is 24.7 Å². The van der Waals surface area contributed by atoms with Crippen molar-refractivity contribution < 1.29 is 4.79 Å². The third-order valence-corrected chi connectivity index (χ3v) is 4.31. The van der Waals surface area contributed by atoms with Crippen LogP contribution in [0, 0.1) is 0 Å². The van der Waals surface area contributed by atoms with Crippen LogP contribution in [0.1, 0.15) is 35.1 Å². The van der Waals surface area contributed by atoms with Crippen LogP contribution < -0.4 is 5.32 Å². The van der Waals surface area contributed by atoms with Gasteiger partial charge in [-0.15, -0.1) is 11.3 Å². The minimum Gasteiger partial charge on any atom is -0.318 e. The molecule has 2 aromatic heterocycles. The topological polar surface area (TPSA) is 46.9 Å². The molecule has 0 aliphatic carbocycles. The molecule has 2 rings (SSSR count). The first-order valence-electron chi connectivity index (χ1n) is 5.57. The second-order valence-corrected chi connectivity index (χ2v) is 6.08. The molecule has 0 bridgehead atoms. The van der Waals surface area contributed by atoms with Crippen LogP contribution in [0.2, 0.25) is 0 Å². The molecule has 0 saturated heterocycles. The van der Waals surface area contributed by atoms with Crippen molar-refractivity contribution in [2.45, 2.75) is 19.8 Å². The predicted molar refractivity (Wildman–Crippen MR) is 77.3 cm³/mol. The normalized spacial score (nSPS) is 10.9. The molecule has 0 aliphatic rings. The second kappa shape index (κ2) is 5.24. The van der Waals surface area contributed by atoms with Gasteiger partial charge in [0.15, 0.2) is 0 Å². The van der Waals surface area contributed by atoms with Gasteiger partial charge in [-0.25, -0.2) is 0 Å². The molecular formula is C12H14BrN3OS. The summed E-state index contributed by atoms with van der Waals surface area (Å²) in [6.45, 7) is 4.11. The van der Waals surface area contributed by atoms with E-state index in [0.717, 1.165) is 15.9 Å². The molecule has 4 nitrogen and oxygen atoms in total. The number of aryl methyl sites for hydroxylation is 1. The number of anilines is 1. The molecule has 0 saturated carbocycles. The van der Waals surface area contributed by atoms with Gasteiger partial charge in [0.05, 0.1) is 11.4 Å². The number of nitrogens with one attached hydrogen (secondary N) is 1. The molecule has 0 radical (unpaired) electrons. The number of aromatic nitrogens is 2. The fourth-order valence-corrected chi connectivity index (χ4v) is 3.11. The summed E-state index contributed by atoms with van der Waals surface area (Å²) in [6, 6.07) is 1.87. The van der Waals surface area contributed by atoms with E-state index in [2.05, 4.69) is 40.2 Å². The first-order chi connectivity index (χ1) is 8.49. The highest BCUT2D eigenvalue weighted by atomic mass is 79.9. The standard InChI is InChI=1S/C12H14BrN3OS/c1-7(2)10-9(6-16(3)15-10)14-12(17)11-8(13)4-5-18-11/h4-7H,1-3H3,(H,14,17). The van der Waals surface area contributed by atoms with Gasteiger partial charge < -0.3 is 5.32 Å².